The van der Waals surface area contributed by atoms with Crippen molar-refractivity contribution in [3.05, 3.63) is 57.3 Å². The number of amides is 1. The Morgan fingerprint density at radius 1 is 1.19 bits per heavy atom. The lowest BCUT2D eigenvalue weighted by atomic mass is 9.89. The summed E-state index contributed by atoms with van der Waals surface area (Å²) in [4.78, 5) is 47.4. The molecular formula is C28H35N3O5S. The number of piperidine rings is 1. The predicted octanol–water partition coefficient (Wildman–Crippen LogP) is 4.63. The number of thioether (sulfide) groups is 1. The number of hydrogen-bond donors (Lipinski definition) is 0. The number of fused-ring (bicyclic) bond motifs is 1. The van der Waals surface area contributed by atoms with Gasteiger partial charge in [-0.25, -0.2) is 9.79 Å². The van der Waals surface area contributed by atoms with Crippen LogP contribution in [0.3, 0.4) is 0 Å². The number of aryl methyl sites for hydroxylation is 2. The van der Waals surface area contributed by atoms with Crippen LogP contribution in [0, 0.1) is 19.8 Å². The van der Waals surface area contributed by atoms with Crippen LogP contribution in [0.2, 0.25) is 0 Å². The summed E-state index contributed by atoms with van der Waals surface area (Å²) >= 11 is 1.47. The number of hydrogen-bond acceptors (Lipinski definition) is 8. The molecule has 3 aliphatic heterocycles. The summed E-state index contributed by atoms with van der Waals surface area (Å²) in [5.74, 6) is -0.997. The third-order valence-electron chi connectivity index (χ3n) is 7.08. The number of esters is 2. The van der Waals surface area contributed by atoms with Crippen LogP contribution in [0.1, 0.15) is 62.3 Å². The number of nitrogens with zero attached hydrogens (tertiary/aromatic N) is 3. The maximum Gasteiger partial charge on any atom is 0.338 e. The standard InChI is InChI=1S/C28H35N3O5S/c1-6-22-24(27(34)35-5)25(21-11-10-17(3)13-18(21)4)31-20(16-37-28(31)29-22)14-23(32)30-12-8-9-19(15-30)26(33)36-7-2/h10-11,13,16,19,25H,6-9,12,14-15H2,1-5H3/t19-,25+/m0/s1. The summed E-state index contributed by atoms with van der Waals surface area (Å²) in [6, 6.07) is 5.74. The molecule has 0 radical (unpaired) electrons. The van der Waals surface area contributed by atoms with E-state index >= 15 is 0 Å². The summed E-state index contributed by atoms with van der Waals surface area (Å²) < 4.78 is 10.4. The number of methoxy groups -OCH3 is 1. The molecule has 1 aromatic rings. The topological polar surface area (TPSA) is 88.5 Å². The fourth-order valence-electron chi connectivity index (χ4n) is 5.26. The number of ether oxygens (including phenoxy) is 2. The van der Waals surface area contributed by atoms with Gasteiger partial charge in [-0.05, 0) is 56.6 Å². The minimum absolute atomic E-state index is 0.0497. The quantitative estimate of drug-likeness (QED) is 0.480. The molecule has 1 fully saturated rings. The predicted molar refractivity (Wildman–Crippen MR) is 143 cm³/mol. The number of carbonyl (C=O) groups is 3. The largest absolute Gasteiger partial charge is 0.466 e. The first kappa shape index (κ1) is 27.0. The van der Waals surface area contributed by atoms with Gasteiger partial charge >= 0.3 is 11.9 Å². The molecule has 3 aliphatic rings. The molecule has 0 bridgehead atoms. The number of carbonyl (C=O) groups excluding carboxylic acids is 3. The second kappa shape index (κ2) is 11.5. The first-order valence-corrected chi connectivity index (χ1v) is 13.7. The number of amidine groups is 1. The highest BCUT2D eigenvalue weighted by molar-refractivity contribution is 8.16. The van der Waals surface area contributed by atoms with Gasteiger partial charge in [0.1, 0.15) is 0 Å². The summed E-state index contributed by atoms with van der Waals surface area (Å²) in [6.45, 7) is 9.16. The lowest BCUT2D eigenvalue weighted by Gasteiger charge is -2.38. The van der Waals surface area contributed by atoms with E-state index in [2.05, 4.69) is 6.07 Å². The molecule has 1 aromatic carbocycles. The summed E-state index contributed by atoms with van der Waals surface area (Å²) in [5, 5.41) is 2.70. The van der Waals surface area contributed by atoms with Crippen molar-refractivity contribution in [3.63, 3.8) is 0 Å². The van der Waals surface area contributed by atoms with Crippen LogP contribution in [-0.2, 0) is 23.9 Å². The van der Waals surface area contributed by atoms with Gasteiger partial charge in [0, 0.05) is 18.8 Å². The van der Waals surface area contributed by atoms with Gasteiger partial charge in [0.15, 0.2) is 5.17 Å². The third kappa shape index (κ3) is 5.46. The van der Waals surface area contributed by atoms with Gasteiger partial charge in [0.25, 0.3) is 0 Å². The van der Waals surface area contributed by atoms with Crippen LogP contribution in [-0.4, -0.2) is 59.6 Å². The van der Waals surface area contributed by atoms with Crippen molar-refractivity contribution >= 4 is 34.8 Å². The van der Waals surface area contributed by atoms with E-state index in [9.17, 15) is 14.4 Å². The van der Waals surface area contributed by atoms with Crippen molar-refractivity contribution in [2.24, 2.45) is 10.9 Å². The number of aliphatic imine (C=N–C) groups is 1. The lowest BCUT2D eigenvalue weighted by Crippen LogP contribution is -2.44. The molecule has 198 valence electrons. The number of rotatable bonds is 7. The molecule has 4 rings (SSSR count). The summed E-state index contributed by atoms with van der Waals surface area (Å²) in [6.07, 6.45) is 2.23. The summed E-state index contributed by atoms with van der Waals surface area (Å²) in [5.41, 5.74) is 5.15. The Balaban J connectivity index is 1.65. The van der Waals surface area contributed by atoms with Crippen molar-refractivity contribution in [2.75, 3.05) is 26.8 Å². The van der Waals surface area contributed by atoms with E-state index < -0.39 is 12.0 Å². The van der Waals surface area contributed by atoms with Gasteiger partial charge in [0.05, 0.1) is 43.4 Å². The molecule has 0 aromatic heterocycles. The smallest absolute Gasteiger partial charge is 0.338 e. The zero-order valence-electron chi connectivity index (χ0n) is 22.2. The van der Waals surface area contributed by atoms with Crippen LogP contribution in [0.4, 0.5) is 0 Å². The van der Waals surface area contributed by atoms with Crippen LogP contribution < -0.4 is 0 Å². The van der Waals surface area contributed by atoms with E-state index in [4.69, 9.17) is 14.5 Å². The van der Waals surface area contributed by atoms with Gasteiger partial charge < -0.3 is 19.3 Å². The molecule has 0 saturated carbocycles. The second-order valence-electron chi connectivity index (χ2n) is 9.57. The Morgan fingerprint density at radius 3 is 2.65 bits per heavy atom. The van der Waals surface area contributed by atoms with Crippen molar-refractivity contribution in [3.8, 4) is 0 Å². The van der Waals surface area contributed by atoms with Gasteiger partial charge in [-0.1, -0.05) is 42.4 Å². The van der Waals surface area contributed by atoms with E-state index in [0.717, 1.165) is 40.4 Å². The van der Waals surface area contributed by atoms with Crippen molar-refractivity contribution in [1.82, 2.24) is 9.80 Å². The maximum atomic E-state index is 13.5. The first-order valence-electron chi connectivity index (χ1n) is 12.9. The fourth-order valence-corrected chi connectivity index (χ4v) is 6.20. The van der Waals surface area contributed by atoms with Gasteiger partial charge in [-0.3, -0.25) is 9.59 Å². The molecule has 1 amide bonds. The molecule has 9 heteroatoms. The third-order valence-corrected chi connectivity index (χ3v) is 7.96. The SMILES string of the molecule is CCOC(=O)[C@H]1CCCN(C(=O)CC2=CSC3=NC(CC)=C(C(=O)OC)[C@@H](c4ccc(C)cc4C)N23)C1. The number of likely N-dealkylation sites (tertiary alicyclic amines) is 1. The van der Waals surface area contributed by atoms with E-state index in [-0.39, 0.29) is 24.2 Å². The zero-order valence-corrected chi connectivity index (χ0v) is 23.0. The van der Waals surface area contributed by atoms with Crippen LogP contribution in [0.15, 0.2) is 45.6 Å². The van der Waals surface area contributed by atoms with Gasteiger partial charge in [-0.2, -0.15) is 0 Å². The molecular weight excluding hydrogens is 490 g/mol. The van der Waals surface area contributed by atoms with Gasteiger partial charge in [-0.15, -0.1) is 0 Å². The molecule has 37 heavy (non-hydrogen) atoms. The summed E-state index contributed by atoms with van der Waals surface area (Å²) in [7, 11) is 1.39. The Bertz CT molecular complexity index is 1190. The van der Waals surface area contributed by atoms with E-state index in [0.29, 0.717) is 37.4 Å². The Labute approximate surface area is 222 Å². The van der Waals surface area contributed by atoms with Gasteiger partial charge in [0.2, 0.25) is 5.91 Å². The number of benzene rings is 1. The Hall–Kier alpha value is -3.07. The van der Waals surface area contributed by atoms with E-state index in [1.807, 2.05) is 43.2 Å². The molecule has 0 spiro atoms. The molecule has 3 heterocycles. The molecule has 8 nitrogen and oxygen atoms in total. The Morgan fingerprint density at radius 2 is 1.97 bits per heavy atom. The zero-order chi connectivity index (χ0) is 26.7. The Kier molecular flexibility index (Phi) is 8.42. The average molecular weight is 526 g/mol. The van der Waals surface area contributed by atoms with Crippen LogP contribution >= 0.6 is 11.8 Å². The highest BCUT2D eigenvalue weighted by Crippen LogP contribution is 2.46. The van der Waals surface area contributed by atoms with Crippen molar-refractivity contribution < 1.29 is 23.9 Å². The normalized spacial score (nSPS) is 21.3. The first-order chi connectivity index (χ1) is 17.8. The molecule has 0 unspecified atom stereocenters. The van der Waals surface area contributed by atoms with Crippen LogP contribution in [0.5, 0.6) is 0 Å². The highest BCUT2D eigenvalue weighted by atomic mass is 32.2. The maximum absolute atomic E-state index is 13.5. The average Bonchev–Trinajstić information content (AvgIpc) is 3.29. The molecule has 2 atom stereocenters. The van der Waals surface area contributed by atoms with E-state index in [1.165, 1.54) is 18.9 Å². The van der Waals surface area contributed by atoms with Crippen molar-refractivity contribution in [2.45, 2.75) is 59.4 Å². The highest BCUT2D eigenvalue weighted by Gasteiger charge is 2.42. The fraction of sp³-hybridized carbons (Fsp3) is 0.500. The van der Waals surface area contributed by atoms with E-state index in [1.54, 1.807) is 11.8 Å². The van der Waals surface area contributed by atoms with Crippen LogP contribution in [0.25, 0.3) is 0 Å². The molecule has 1 saturated heterocycles. The lowest BCUT2D eigenvalue weighted by molar-refractivity contribution is -0.151. The molecule has 0 N–H and O–H groups in total. The minimum Gasteiger partial charge on any atom is -0.466 e. The number of allylic oxidation sites excluding steroid dienone is 1. The van der Waals surface area contributed by atoms with Crippen molar-refractivity contribution in [1.29, 1.82) is 0 Å². The minimum atomic E-state index is -0.446. The molecule has 0 aliphatic carbocycles. The monoisotopic (exact) mass is 525 g/mol. The second-order valence-corrected chi connectivity index (χ2v) is 10.4.